The third-order valence-electron chi connectivity index (χ3n) is 1.66. The van der Waals surface area contributed by atoms with Crippen LogP contribution in [0.15, 0.2) is 22.9 Å². The highest BCUT2D eigenvalue weighted by molar-refractivity contribution is 9.10. The summed E-state index contributed by atoms with van der Waals surface area (Å²) in [7, 11) is 0. The van der Waals surface area contributed by atoms with Crippen LogP contribution < -0.4 is 5.73 Å². The lowest BCUT2D eigenvalue weighted by molar-refractivity contribution is 0.789. The Labute approximate surface area is 93.0 Å². The largest absolute Gasteiger partial charge is 0.398 e. The molecule has 0 bridgehead atoms. The summed E-state index contributed by atoms with van der Waals surface area (Å²) in [6, 6.07) is 3.40. The van der Waals surface area contributed by atoms with Crippen molar-refractivity contribution in [1.29, 1.82) is 0 Å². The van der Waals surface area contributed by atoms with E-state index in [1.54, 1.807) is 12.1 Å². The number of benzene rings is 1. The molecule has 2 N–H and O–H groups in total. The van der Waals surface area contributed by atoms with Crippen LogP contribution in [0.2, 0.25) is 5.02 Å². The first-order valence-corrected chi connectivity index (χ1v) is 4.83. The van der Waals surface area contributed by atoms with Gasteiger partial charge in [0.25, 0.3) is 0 Å². The van der Waals surface area contributed by atoms with Gasteiger partial charge in [0.2, 0.25) is 0 Å². The van der Waals surface area contributed by atoms with Crippen molar-refractivity contribution in [1.82, 2.24) is 20.2 Å². The minimum atomic E-state index is 0.526. The van der Waals surface area contributed by atoms with Crippen LogP contribution >= 0.6 is 27.5 Å². The molecule has 5 nitrogen and oxygen atoms in total. The van der Waals surface area contributed by atoms with Gasteiger partial charge in [-0.2, -0.15) is 4.68 Å². The van der Waals surface area contributed by atoms with Crippen LogP contribution in [-0.2, 0) is 0 Å². The van der Waals surface area contributed by atoms with Crippen LogP contribution in [0, 0.1) is 0 Å². The number of tetrazole rings is 1. The molecule has 1 aromatic heterocycles. The van der Waals surface area contributed by atoms with Crippen LogP contribution in [0.25, 0.3) is 5.69 Å². The van der Waals surface area contributed by atoms with E-state index in [-0.39, 0.29) is 0 Å². The van der Waals surface area contributed by atoms with Crippen LogP contribution in [0.4, 0.5) is 5.69 Å². The molecule has 0 amide bonds. The summed E-state index contributed by atoms with van der Waals surface area (Å²) in [5, 5.41) is 11.3. The van der Waals surface area contributed by atoms with E-state index in [0.29, 0.717) is 16.4 Å². The standard InChI is InChI=1S/C7H5BrClN5/c8-4-1-5(9)7(2-6(4)10)14-3-11-12-13-14/h1-3H,10H2. The number of nitrogen functional groups attached to an aromatic ring is 1. The molecule has 2 rings (SSSR count). The number of anilines is 1. The van der Waals surface area contributed by atoms with E-state index in [9.17, 15) is 0 Å². The van der Waals surface area contributed by atoms with E-state index >= 15 is 0 Å². The van der Waals surface area contributed by atoms with Gasteiger partial charge in [0.15, 0.2) is 0 Å². The molecule has 72 valence electrons. The lowest BCUT2D eigenvalue weighted by Crippen LogP contribution is -1.98. The fraction of sp³-hybridized carbons (Fsp3) is 0. The number of halogens is 2. The Morgan fingerprint density at radius 1 is 1.43 bits per heavy atom. The Morgan fingerprint density at radius 2 is 2.21 bits per heavy atom. The second-order valence-electron chi connectivity index (χ2n) is 2.58. The molecule has 1 heterocycles. The third-order valence-corrected chi connectivity index (χ3v) is 2.65. The normalized spacial score (nSPS) is 10.4. The smallest absolute Gasteiger partial charge is 0.143 e. The van der Waals surface area contributed by atoms with Crippen LogP contribution in [0.1, 0.15) is 0 Å². The number of hydrogen-bond donors (Lipinski definition) is 1. The molecular weight excluding hydrogens is 269 g/mol. The highest BCUT2D eigenvalue weighted by atomic mass is 79.9. The fourth-order valence-corrected chi connectivity index (χ4v) is 1.73. The molecule has 0 saturated heterocycles. The highest BCUT2D eigenvalue weighted by Gasteiger charge is 2.07. The number of aromatic nitrogens is 4. The summed E-state index contributed by atoms with van der Waals surface area (Å²) >= 11 is 9.26. The Hall–Kier alpha value is -1.14. The second-order valence-corrected chi connectivity index (χ2v) is 3.84. The van der Waals surface area contributed by atoms with Crippen molar-refractivity contribution in [2.24, 2.45) is 0 Å². The van der Waals surface area contributed by atoms with E-state index in [1.807, 2.05) is 0 Å². The van der Waals surface area contributed by atoms with E-state index in [2.05, 4.69) is 31.5 Å². The van der Waals surface area contributed by atoms with Gasteiger partial charge in [-0.1, -0.05) is 11.6 Å². The number of rotatable bonds is 1. The van der Waals surface area contributed by atoms with Gasteiger partial charge in [0.1, 0.15) is 6.33 Å². The van der Waals surface area contributed by atoms with Crippen molar-refractivity contribution >= 4 is 33.2 Å². The maximum Gasteiger partial charge on any atom is 0.143 e. The quantitative estimate of drug-likeness (QED) is 0.803. The topological polar surface area (TPSA) is 69.6 Å². The molecule has 0 aliphatic rings. The van der Waals surface area contributed by atoms with Crippen molar-refractivity contribution < 1.29 is 0 Å². The first kappa shape index (κ1) is 9.42. The number of hydrogen-bond acceptors (Lipinski definition) is 4. The van der Waals surface area contributed by atoms with Crippen LogP contribution in [-0.4, -0.2) is 20.2 Å². The number of nitrogens with zero attached hydrogens (tertiary/aromatic N) is 4. The molecule has 14 heavy (non-hydrogen) atoms. The maximum absolute atomic E-state index is 5.99. The molecule has 0 radical (unpaired) electrons. The first-order valence-electron chi connectivity index (χ1n) is 3.66. The molecule has 0 saturated carbocycles. The zero-order chi connectivity index (χ0) is 10.1. The molecule has 0 aliphatic heterocycles. The minimum absolute atomic E-state index is 0.526. The average Bonchev–Trinajstić information content (AvgIpc) is 2.64. The van der Waals surface area contributed by atoms with Crippen molar-refractivity contribution in [2.75, 3.05) is 5.73 Å². The van der Waals surface area contributed by atoms with Gasteiger partial charge in [0.05, 0.1) is 10.7 Å². The van der Waals surface area contributed by atoms with Gasteiger partial charge in [-0.15, -0.1) is 5.10 Å². The van der Waals surface area contributed by atoms with Gasteiger partial charge >= 0.3 is 0 Å². The minimum Gasteiger partial charge on any atom is -0.398 e. The summed E-state index contributed by atoms with van der Waals surface area (Å²) < 4.78 is 2.20. The van der Waals surface area contributed by atoms with Gasteiger partial charge < -0.3 is 5.73 Å². The molecule has 1 aromatic carbocycles. The van der Waals surface area contributed by atoms with Gasteiger partial charge in [-0.3, -0.25) is 0 Å². The lowest BCUT2D eigenvalue weighted by Gasteiger charge is -2.05. The molecule has 0 aliphatic carbocycles. The molecule has 7 heteroatoms. The molecule has 0 atom stereocenters. The third kappa shape index (κ3) is 1.58. The van der Waals surface area contributed by atoms with Gasteiger partial charge in [0, 0.05) is 10.2 Å². The molecule has 0 fully saturated rings. The average molecular weight is 275 g/mol. The predicted molar refractivity (Wildman–Crippen MR) is 56.3 cm³/mol. The molecule has 0 spiro atoms. The summed E-state index contributed by atoms with van der Waals surface area (Å²) in [5.41, 5.74) is 6.94. The number of nitrogens with two attached hydrogens (primary N) is 1. The summed E-state index contributed by atoms with van der Waals surface area (Å²) in [5.74, 6) is 0. The van der Waals surface area contributed by atoms with E-state index in [1.165, 1.54) is 11.0 Å². The van der Waals surface area contributed by atoms with E-state index in [4.69, 9.17) is 17.3 Å². The highest BCUT2D eigenvalue weighted by Crippen LogP contribution is 2.29. The molecule has 0 unspecified atom stereocenters. The Kier molecular flexibility index (Phi) is 2.39. The first-order chi connectivity index (χ1) is 6.68. The Balaban J connectivity index is 2.60. The maximum atomic E-state index is 5.99. The van der Waals surface area contributed by atoms with Gasteiger partial charge in [-0.05, 0) is 38.5 Å². The monoisotopic (exact) mass is 273 g/mol. The fourth-order valence-electron chi connectivity index (χ4n) is 1.00. The zero-order valence-electron chi connectivity index (χ0n) is 6.85. The van der Waals surface area contributed by atoms with Gasteiger partial charge in [-0.25, -0.2) is 0 Å². The Bertz CT molecular complexity index is 455. The SMILES string of the molecule is Nc1cc(-n2cnnn2)c(Cl)cc1Br. The molecular formula is C7H5BrClN5. The summed E-state index contributed by atoms with van der Waals surface area (Å²) in [6.07, 6.45) is 1.45. The molecule has 2 aromatic rings. The van der Waals surface area contributed by atoms with Crippen LogP contribution in [0.5, 0.6) is 0 Å². The van der Waals surface area contributed by atoms with Crippen molar-refractivity contribution in [3.63, 3.8) is 0 Å². The Morgan fingerprint density at radius 3 is 2.86 bits per heavy atom. The summed E-state index contributed by atoms with van der Waals surface area (Å²) in [4.78, 5) is 0. The second kappa shape index (κ2) is 3.55. The van der Waals surface area contributed by atoms with Crippen LogP contribution in [0.3, 0.4) is 0 Å². The van der Waals surface area contributed by atoms with Crippen molar-refractivity contribution in [2.45, 2.75) is 0 Å². The zero-order valence-corrected chi connectivity index (χ0v) is 9.20. The van der Waals surface area contributed by atoms with Crippen molar-refractivity contribution in [3.8, 4) is 5.69 Å². The lowest BCUT2D eigenvalue weighted by atomic mass is 10.3. The summed E-state index contributed by atoms with van der Waals surface area (Å²) in [6.45, 7) is 0. The van der Waals surface area contributed by atoms with E-state index < -0.39 is 0 Å². The predicted octanol–water partition coefficient (Wildman–Crippen LogP) is 1.66. The van der Waals surface area contributed by atoms with E-state index in [0.717, 1.165) is 4.47 Å². The van der Waals surface area contributed by atoms with Crippen molar-refractivity contribution in [3.05, 3.63) is 28.0 Å².